The molecule has 22 heavy (non-hydrogen) atoms. The number of hydrazone groups is 1. The fourth-order valence-electron chi connectivity index (χ4n) is 2.16. The van der Waals surface area contributed by atoms with Crippen LogP contribution in [-0.4, -0.2) is 11.6 Å². The lowest BCUT2D eigenvalue weighted by Gasteiger charge is -2.07. The van der Waals surface area contributed by atoms with Crippen LogP contribution in [0.2, 0.25) is 0 Å². The Kier molecular flexibility index (Phi) is 5.10. The lowest BCUT2D eigenvalue weighted by Crippen LogP contribution is -2.20. The Morgan fingerprint density at radius 2 is 1.59 bits per heavy atom. The zero-order chi connectivity index (χ0) is 16.1. The van der Waals surface area contributed by atoms with Crippen LogP contribution in [0.1, 0.15) is 46.0 Å². The molecule has 3 heteroatoms. The Labute approximate surface area is 132 Å². The minimum absolute atomic E-state index is 0.179. The number of aryl methyl sites for hydroxylation is 3. The number of amides is 1. The molecule has 0 fully saturated rings. The number of carbonyl (C=O) groups is 1. The van der Waals surface area contributed by atoms with Crippen LogP contribution in [0.15, 0.2) is 47.6 Å². The van der Waals surface area contributed by atoms with E-state index in [1.54, 1.807) is 0 Å². The molecule has 3 nitrogen and oxygen atoms in total. The molecule has 0 aromatic heterocycles. The van der Waals surface area contributed by atoms with Gasteiger partial charge in [0.05, 0.1) is 5.71 Å². The van der Waals surface area contributed by atoms with Gasteiger partial charge in [0, 0.05) is 5.56 Å². The van der Waals surface area contributed by atoms with E-state index in [4.69, 9.17) is 0 Å². The number of benzene rings is 2. The molecule has 0 aliphatic rings. The van der Waals surface area contributed by atoms with Crippen molar-refractivity contribution in [1.82, 2.24) is 5.43 Å². The second-order valence-corrected chi connectivity index (χ2v) is 5.52. The Balaban J connectivity index is 2.15. The molecule has 114 valence electrons. The van der Waals surface area contributed by atoms with E-state index in [1.165, 1.54) is 11.1 Å². The third-order valence-electron chi connectivity index (χ3n) is 3.78. The minimum Gasteiger partial charge on any atom is -0.267 e. The molecule has 0 heterocycles. The summed E-state index contributed by atoms with van der Waals surface area (Å²) in [6, 6.07) is 13.8. The topological polar surface area (TPSA) is 41.5 Å². The first-order chi connectivity index (χ1) is 10.5. The standard InChI is InChI=1S/C19H22N2O/c1-5-18(16-9-6-13(2)7-10-16)20-21-19(22)17-11-8-14(3)15(4)12-17/h6-12H,5H2,1-4H3,(H,21,22)/b20-18+. The van der Waals surface area contributed by atoms with Gasteiger partial charge in [0.15, 0.2) is 0 Å². The summed E-state index contributed by atoms with van der Waals surface area (Å²) in [5.41, 5.74) is 8.68. The smallest absolute Gasteiger partial charge is 0.267 e. The van der Waals surface area contributed by atoms with Crippen molar-refractivity contribution in [2.24, 2.45) is 5.10 Å². The van der Waals surface area contributed by atoms with Gasteiger partial charge in [-0.2, -0.15) is 5.10 Å². The second kappa shape index (κ2) is 7.03. The lowest BCUT2D eigenvalue weighted by atomic mass is 10.1. The number of hydrogen-bond acceptors (Lipinski definition) is 2. The quantitative estimate of drug-likeness (QED) is 0.668. The van der Waals surface area contributed by atoms with E-state index in [2.05, 4.69) is 10.5 Å². The van der Waals surface area contributed by atoms with E-state index in [9.17, 15) is 4.79 Å². The Morgan fingerprint density at radius 1 is 0.955 bits per heavy atom. The Hall–Kier alpha value is -2.42. The molecule has 2 rings (SSSR count). The van der Waals surface area contributed by atoms with Gasteiger partial charge in [-0.3, -0.25) is 4.79 Å². The van der Waals surface area contributed by atoms with E-state index < -0.39 is 0 Å². The van der Waals surface area contributed by atoms with Crippen molar-refractivity contribution in [1.29, 1.82) is 0 Å². The molecule has 0 bridgehead atoms. The van der Waals surface area contributed by atoms with Crippen LogP contribution in [0, 0.1) is 20.8 Å². The summed E-state index contributed by atoms with van der Waals surface area (Å²) in [5, 5.41) is 4.29. The number of nitrogens with zero attached hydrogens (tertiary/aromatic N) is 1. The van der Waals surface area contributed by atoms with Crippen LogP contribution in [-0.2, 0) is 0 Å². The Bertz CT molecular complexity index is 700. The van der Waals surface area contributed by atoms with Gasteiger partial charge in [0.1, 0.15) is 0 Å². The molecular formula is C19H22N2O. The molecule has 0 spiro atoms. The van der Waals surface area contributed by atoms with Crippen molar-refractivity contribution >= 4 is 11.6 Å². The zero-order valence-corrected chi connectivity index (χ0v) is 13.6. The van der Waals surface area contributed by atoms with Crippen molar-refractivity contribution in [3.8, 4) is 0 Å². The second-order valence-electron chi connectivity index (χ2n) is 5.52. The average Bonchev–Trinajstić information content (AvgIpc) is 2.52. The van der Waals surface area contributed by atoms with Gasteiger partial charge >= 0.3 is 0 Å². The van der Waals surface area contributed by atoms with Gasteiger partial charge in [-0.05, 0) is 56.0 Å². The van der Waals surface area contributed by atoms with Crippen molar-refractivity contribution in [3.63, 3.8) is 0 Å². The average molecular weight is 294 g/mol. The van der Waals surface area contributed by atoms with Crippen molar-refractivity contribution in [3.05, 3.63) is 70.3 Å². The van der Waals surface area contributed by atoms with Crippen LogP contribution in [0.5, 0.6) is 0 Å². The fourth-order valence-corrected chi connectivity index (χ4v) is 2.16. The zero-order valence-electron chi connectivity index (χ0n) is 13.6. The van der Waals surface area contributed by atoms with Crippen molar-refractivity contribution < 1.29 is 4.79 Å². The summed E-state index contributed by atoms with van der Waals surface area (Å²) in [5.74, 6) is -0.179. The summed E-state index contributed by atoms with van der Waals surface area (Å²) >= 11 is 0. The van der Waals surface area contributed by atoms with Crippen LogP contribution in [0.3, 0.4) is 0 Å². The third-order valence-corrected chi connectivity index (χ3v) is 3.78. The first kappa shape index (κ1) is 16.0. The molecule has 1 N–H and O–H groups in total. The first-order valence-electron chi connectivity index (χ1n) is 7.52. The predicted molar refractivity (Wildman–Crippen MR) is 91.4 cm³/mol. The van der Waals surface area contributed by atoms with E-state index in [0.29, 0.717) is 5.56 Å². The molecule has 2 aromatic rings. The van der Waals surface area contributed by atoms with Gasteiger partial charge in [0.2, 0.25) is 0 Å². The normalized spacial score (nSPS) is 11.4. The first-order valence-corrected chi connectivity index (χ1v) is 7.52. The maximum atomic E-state index is 12.2. The van der Waals surface area contributed by atoms with E-state index in [1.807, 2.05) is 70.2 Å². The molecule has 0 saturated carbocycles. The molecular weight excluding hydrogens is 272 g/mol. The number of rotatable bonds is 4. The van der Waals surface area contributed by atoms with E-state index >= 15 is 0 Å². The van der Waals surface area contributed by atoms with Gasteiger partial charge in [-0.25, -0.2) is 5.43 Å². The number of nitrogens with one attached hydrogen (secondary N) is 1. The third kappa shape index (κ3) is 3.82. The Morgan fingerprint density at radius 3 is 2.18 bits per heavy atom. The molecule has 0 unspecified atom stereocenters. The van der Waals surface area contributed by atoms with Gasteiger partial charge in [0.25, 0.3) is 5.91 Å². The SMILES string of the molecule is CC/C(=N\NC(=O)c1ccc(C)c(C)c1)c1ccc(C)cc1. The van der Waals surface area contributed by atoms with Gasteiger partial charge in [-0.15, -0.1) is 0 Å². The highest BCUT2D eigenvalue weighted by molar-refractivity contribution is 6.02. The molecule has 1 amide bonds. The largest absolute Gasteiger partial charge is 0.271 e. The molecule has 0 aliphatic heterocycles. The van der Waals surface area contributed by atoms with E-state index in [-0.39, 0.29) is 5.91 Å². The van der Waals surface area contributed by atoms with Crippen LogP contribution in [0.25, 0.3) is 0 Å². The summed E-state index contributed by atoms with van der Waals surface area (Å²) in [7, 11) is 0. The summed E-state index contributed by atoms with van der Waals surface area (Å²) in [6.07, 6.45) is 0.760. The highest BCUT2D eigenvalue weighted by Gasteiger charge is 2.07. The molecule has 0 aliphatic carbocycles. The molecule has 0 saturated heterocycles. The molecule has 0 radical (unpaired) electrons. The van der Waals surface area contributed by atoms with Gasteiger partial charge < -0.3 is 0 Å². The fraction of sp³-hybridized carbons (Fsp3) is 0.263. The summed E-state index contributed by atoms with van der Waals surface area (Å²) < 4.78 is 0. The maximum absolute atomic E-state index is 12.2. The minimum atomic E-state index is -0.179. The highest BCUT2D eigenvalue weighted by Crippen LogP contribution is 2.10. The summed E-state index contributed by atoms with van der Waals surface area (Å²) in [4.78, 5) is 12.2. The number of hydrogen-bond donors (Lipinski definition) is 1. The van der Waals surface area contributed by atoms with Gasteiger partial charge in [-0.1, -0.05) is 42.8 Å². The van der Waals surface area contributed by atoms with E-state index in [0.717, 1.165) is 23.3 Å². The maximum Gasteiger partial charge on any atom is 0.271 e. The lowest BCUT2D eigenvalue weighted by molar-refractivity contribution is 0.0954. The van der Waals surface area contributed by atoms with Crippen molar-refractivity contribution in [2.75, 3.05) is 0 Å². The molecule has 2 aromatic carbocycles. The van der Waals surface area contributed by atoms with Crippen molar-refractivity contribution in [2.45, 2.75) is 34.1 Å². The van der Waals surface area contributed by atoms with Crippen LogP contribution < -0.4 is 5.43 Å². The van der Waals surface area contributed by atoms with Crippen LogP contribution >= 0.6 is 0 Å². The number of carbonyl (C=O) groups excluding carboxylic acids is 1. The van der Waals surface area contributed by atoms with Crippen LogP contribution in [0.4, 0.5) is 0 Å². The predicted octanol–water partition coefficient (Wildman–Crippen LogP) is 4.16. The monoisotopic (exact) mass is 294 g/mol. The highest BCUT2D eigenvalue weighted by atomic mass is 16.2. The molecule has 0 atom stereocenters. The summed E-state index contributed by atoms with van der Waals surface area (Å²) in [6.45, 7) is 8.11.